The molecule has 6 heteroatoms. The number of hydrogen-bond donors (Lipinski definition) is 3. The van der Waals surface area contributed by atoms with Crippen LogP contribution in [-0.4, -0.2) is 27.4 Å². The van der Waals surface area contributed by atoms with Crippen LogP contribution in [0.4, 0.5) is 0 Å². The van der Waals surface area contributed by atoms with Crippen molar-refractivity contribution in [3.8, 4) is 17.0 Å². The number of nitrogens with zero attached hydrogens (tertiary/aromatic N) is 2. The summed E-state index contributed by atoms with van der Waals surface area (Å²) in [6.07, 6.45) is 1.39. The molecule has 1 heterocycles. The van der Waals surface area contributed by atoms with E-state index in [1.807, 2.05) is 43.3 Å². The molecule has 3 rings (SSSR count). The van der Waals surface area contributed by atoms with Crippen LogP contribution in [0, 0.1) is 6.92 Å². The highest BCUT2D eigenvalue weighted by Gasteiger charge is 2.10. The van der Waals surface area contributed by atoms with Gasteiger partial charge in [0.05, 0.1) is 11.9 Å². The molecule has 0 unspecified atom stereocenters. The van der Waals surface area contributed by atoms with Crippen molar-refractivity contribution in [1.82, 2.24) is 15.6 Å². The summed E-state index contributed by atoms with van der Waals surface area (Å²) in [5, 5.41) is 20.4. The second-order valence-electron chi connectivity index (χ2n) is 5.29. The molecule has 0 bridgehead atoms. The largest absolute Gasteiger partial charge is 0.507 e. The van der Waals surface area contributed by atoms with E-state index < -0.39 is 5.91 Å². The predicted molar refractivity (Wildman–Crippen MR) is 91.9 cm³/mol. The summed E-state index contributed by atoms with van der Waals surface area (Å²) in [4.78, 5) is 12.1. The molecule has 0 aliphatic heterocycles. The molecular weight excluding hydrogens is 304 g/mol. The number of nitrogens with one attached hydrogen (secondary N) is 2. The molecule has 6 nitrogen and oxygen atoms in total. The zero-order valence-corrected chi connectivity index (χ0v) is 13.0. The molecule has 3 N–H and O–H groups in total. The Morgan fingerprint density at radius 1 is 1.21 bits per heavy atom. The van der Waals surface area contributed by atoms with Crippen LogP contribution < -0.4 is 5.43 Å². The van der Waals surface area contributed by atoms with E-state index in [0.717, 1.165) is 11.1 Å². The fourth-order valence-electron chi connectivity index (χ4n) is 2.18. The van der Waals surface area contributed by atoms with Crippen molar-refractivity contribution < 1.29 is 9.90 Å². The zero-order valence-electron chi connectivity index (χ0n) is 13.0. The highest BCUT2D eigenvalue weighted by Crippen LogP contribution is 2.17. The topological polar surface area (TPSA) is 90.4 Å². The summed E-state index contributed by atoms with van der Waals surface area (Å²) in [6.45, 7) is 1.88. The Hall–Kier alpha value is -3.41. The third kappa shape index (κ3) is 3.49. The second kappa shape index (κ2) is 6.78. The number of rotatable bonds is 4. The number of H-pyrrole nitrogens is 1. The van der Waals surface area contributed by atoms with Gasteiger partial charge in [-0.3, -0.25) is 9.89 Å². The van der Waals surface area contributed by atoms with E-state index >= 15 is 0 Å². The average molecular weight is 320 g/mol. The summed E-state index contributed by atoms with van der Waals surface area (Å²) in [6, 6.07) is 16.4. The van der Waals surface area contributed by atoms with E-state index in [0.29, 0.717) is 17.0 Å². The Morgan fingerprint density at radius 3 is 2.75 bits per heavy atom. The summed E-state index contributed by atoms with van der Waals surface area (Å²) < 4.78 is 0. The Balaban J connectivity index is 1.67. The minimum Gasteiger partial charge on any atom is -0.507 e. The van der Waals surface area contributed by atoms with Crippen molar-refractivity contribution >= 4 is 12.1 Å². The number of aromatic hydroxyl groups is 1. The normalized spacial score (nSPS) is 10.9. The number of phenols is 1. The second-order valence-corrected chi connectivity index (χ2v) is 5.29. The van der Waals surface area contributed by atoms with Gasteiger partial charge in [0.25, 0.3) is 5.91 Å². The zero-order chi connectivity index (χ0) is 16.9. The van der Waals surface area contributed by atoms with Crippen LogP contribution in [0.15, 0.2) is 59.7 Å². The third-order valence-corrected chi connectivity index (χ3v) is 3.45. The van der Waals surface area contributed by atoms with Crippen LogP contribution in [0.2, 0.25) is 0 Å². The Morgan fingerprint density at radius 2 is 2.00 bits per heavy atom. The molecular formula is C18H16N4O2. The molecule has 1 aromatic heterocycles. The maximum atomic E-state index is 12.1. The van der Waals surface area contributed by atoms with Crippen molar-refractivity contribution in [1.29, 1.82) is 0 Å². The first-order chi connectivity index (χ1) is 11.6. The maximum Gasteiger partial charge on any atom is 0.289 e. The van der Waals surface area contributed by atoms with E-state index in [1.54, 1.807) is 18.2 Å². The monoisotopic (exact) mass is 320 g/mol. The van der Waals surface area contributed by atoms with E-state index in [1.165, 1.54) is 6.21 Å². The van der Waals surface area contributed by atoms with Crippen LogP contribution >= 0.6 is 0 Å². The summed E-state index contributed by atoms with van der Waals surface area (Å²) in [7, 11) is 0. The molecule has 0 fully saturated rings. The number of aromatic amines is 1. The van der Waals surface area contributed by atoms with Crippen LogP contribution in [-0.2, 0) is 0 Å². The number of benzene rings is 2. The average Bonchev–Trinajstić information content (AvgIpc) is 3.08. The van der Waals surface area contributed by atoms with Gasteiger partial charge in [-0.1, -0.05) is 36.4 Å². The van der Waals surface area contributed by atoms with Gasteiger partial charge in [-0.25, -0.2) is 5.43 Å². The van der Waals surface area contributed by atoms with Crippen molar-refractivity contribution in [2.75, 3.05) is 0 Å². The number of phenolic OH excluding ortho intramolecular Hbond substituents is 1. The molecule has 0 saturated heterocycles. The van der Waals surface area contributed by atoms with Gasteiger partial charge < -0.3 is 5.11 Å². The number of amides is 1. The SMILES string of the molecule is Cc1ccc(C=NNC(=O)c2cc(-c3ccccc3)n[nH]2)c(O)c1. The van der Waals surface area contributed by atoms with Gasteiger partial charge in [0.2, 0.25) is 0 Å². The molecule has 0 aliphatic carbocycles. The number of carbonyl (C=O) groups is 1. The fourth-order valence-corrected chi connectivity index (χ4v) is 2.18. The van der Waals surface area contributed by atoms with E-state index in [-0.39, 0.29) is 5.75 Å². The first-order valence-electron chi connectivity index (χ1n) is 7.37. The van der Waals surface area contributed by atoms with Crippen LogP contribution in [0.3, 0.4) is 0 Å². The molecule has 0 spiro atoms. The fraction of sp³-hybridized carbons (Fsp3) is 0.0556. The quantitative estimate of drug-likeness (QED) is 0.510. The number of aromatic nitrogens is 2. The van der Waals surface area contributed by atoms with Crippen molar-refractivity contribution in [3.63, 3.8) is 0 Å². The molecule has 24 heavy (non-hydrogen) atoms. The van der Waals surface area contributed by atoms with Crippen LogP contribution in [0.25, 0.3) is 11.3 Å². The van der Waals surface area contributed by atoms with Gasteiger partial charge in [0.15, 0.2) is 0 Å². The van der Waals surface area contributed by atoms with Crippen molar-refractivity contribution in [2.24, 2.45) is 5.10 Å². The predicted octanol–water partition coefficient (Wildman–Crippen LogP) is 2.85. The van der Waals surface area contributed by atoms with Gasteiger partial charge in [-0.2, -0.15) is 10.2 Å². The molecule has 0 aliphatic rings. The Kier molecular flexibility index (Phi) is 4.38. The van der Waals surface area contributed by atoms with Gasteiger partial charge in [0, 0.05) is 11.1 Å². The van der Waals surface area contributed by atoms with Gasteiger partial charge in [-0.05, 0) is 30.7 Å². The minimum atomic E-state index is -0.410. The Bertz CT molecular complexity index is 885. The van der Waals surface area contributed by atoms with Crippen molar-refractivity contribution in [3.05, 3.63) is 71.4 Å². The van der Waals surface area contributed by atoms with Crippen LogP contribution in [0.5, 0.6) is 5.75 Å². The van der Waals surface area contributed by atoms with Gasteiger partial charge in [-0.15, -0.1) is 0 Å². The van der Waals surface area contributed by atoms with E-state index in [2.05, 4.69) is 20.7 Å². The summed E-state index contributed by atoms with van der Waals surface area (Å²) in [5.41, 5.74) is 5.77. The number of aryl methyl sites for hydroxylation is 1. The minimum absolute atomic E-state index is 0.112. The lowest BCUT2D eigenvalue weighted by Crippen LogP contribution is -2.18. The molecule has 0 atom stereocenters. The molecule has 3 aromatic rings. The highest BCUT2D eigenvalue weighted by molar-refractivity contribution is 5.94. The lowest BCUT2D eigenvalue weighted by Gasteiger charge is -2.00. The van der Waals surface area contributed by atoms with E-state index in [4.69, 9.17) is 0 Å². The molecule has 0 saturated carbocycles. The first-order valence-corrected chi connectivity index (χ1v) is 7.37. The molecule has 0 radical (unpaired) electrons. The molecule has 2 aromatic carbocycles. The third-order valence-electron chi connectivity index (χ3n) is 3.45. The molecule has 120 valence electrons. The lowest BCUT2D eigenvalue weighted by molar-refractivity contribution is 0.0950. The Labute approximate surface area is 138 Å². The standard InChI is InChI=1S/C18H16N4O2/c1-12-7-8-14(17(23)9-12)11-19-22-18(24)16-10-15(20-21-16)13-5-3-2-4-6-13/h2-11,23H,1H3,(H,20,21)(H,22,24). The number of carbonyl (C=O) groups excluding carboxylic acids is 1. The summed E-state index contributed by atoms with van der Waals surface area (Å²) in [5.74, 6) is -0.298. The molecule has 1 amide bonds. The van der Waals surface area contributed by atoms with Gasteiger partial charge in [0.1, 0.15) is 11.4 Å². The first kappa shape index (κ1) is 15.5. The lowest BCUT2D eigenvalue weighted by atomic mass is 10.1. The summed E-state index contributed by atoms with van der Waals surface area (Å²) >= 11 is 0. The maximum absolute atomic E-state index is 12.1. The van der Waals surface area contributed by atoms with Gasteiger partial charge >= 0.3 is 0 Å². The highest BCUT2D eigenvalue weighted by atomic mass is 16.3. The van der Waals surface area contributed by atoms with Crippen LogP contribution in [0.1, 0.15) is 21.6 Å². The number of hydrazone groups is 1. The number of hydrogen-bond acceptors (Lipinski definition) is 4. The van der Waals surface area contributed by atoms with Crippen molar-refractivity contribution in [2.45, 2.75) is 6.92 Å². The smallest absolute Gasteiger partial charge is 0.289 e. The van der Waals surface area contributed by atoms with E-state index in [9.17, 15) is 9.90 Å².